The third kappa shape index (κ3) is 10.4. The van der Waals surface area contributed by atoms with Crippen LogP contribution in [-0.4, -0.2) is 15.0 Å². The predicted molar refractivity (Wildman–Crippen MR) is 272 cm³/mol. The monoisotopic (exact) mass is 823 g/mol. The fourth-order valence-corrected chi connectivity index (χ4v) is 7.67. The van der Waals surface area contributed by atoms with Crippen LogP contribution in [0.2, 0.25) is 0 Å². The molecule has 0 aliphatic carbocycles. The first-order chi connectivity index (χ1) is 31.3. The summed E-state index contributed by atoms with van der Waals surface area (Å²) in [7, 11) is 0. The molecule has 3 nitrogen and oxygen atoms in total. The molecule has 0 atom stereocenters. The second-order valence-corrected chi connectivity index (χ2v) is 17.1. The number of benzene rings is 6. The summed E-state index contributed by atoms with van der Waals surface area (Å²) in [5.41, 5.74) is 18.8. The third-order valence-electron chi connectivity index (χ3n) is 11.4. The average molecular weight is 824 g/mol. The summed E-state index contributed by atoms with van der Waals surface area (Å²) in [5, 5.41) is 0. The first-order valence-corrected chi connectivity index (χ1v) is 21.8. The maximum absolute atomic E-state index is 4.82. The van der Waals surface area contributed by atoms with Gasteiger partial charge in [-0.1, -0.05) is 203 Å². The highest BCUT2D eigenvalue weighted by Crippen LogP contribution is 2.29. The Morgan fingerprint density at radius 3 is 1.08 bits per heavy atom. The van der Waals surface area contributed by atoms with Gasteiger partial charge in [-0.25, -0.2) is 0 Å². The minimum absolute atomic E-state index is 0.0638. The first kappa shape index (κ1) is 41.3. The van der Waals surface area contributed by atoms with Crippen molar-refractivity contribution >= 4 is 36.5 Å². The minimum Gasteiger partial charge on any atom is -0.256 e. The Hall–Kier alpha value is -8.01. The Balaban J connectivity index is 0.943. The quantitative estimate of drug-likeness (QED) is 0.122. The maximum atomic E-state index is 4.82. The largest absolute Gasteiger partial charge is 0.256 e. The Labute approximate surface area is 377 Å². The van der Waals surface area contributed by atoms with E-state index in [1.807, 2.05) is 30.7 Å². The molecule has 6 aromatic carbocycles. The molecule has 0 fully saturated rings. The van der Waals surface area contributed by atoms with Crippen molar-refractivity contribution in [1.29, 1.82) is 0 Å². The van der Waals surface area contributed by atoms with Gasteiger partial charge in [0.25, 0.3) is 0 Å². The van der Waals surface area contributed by atoms with E-state index in [4.69, 9.17) is 9.97 Å². The summed E-state index contributed by atoms with van der Waals surface area (Å²) in [5.74, 6) is 0. The van der Waals surface area contributed by atoms with Crippen LogP contribution in [0.1, 0.15) is 59.7 Å². The zero-order valence-corrected chi connectivity index (χ0v) is 36.4. The fraction of sp³-hybridized carbons (Fsp3) is 0.0656. The van der Waals surface area contributed by atoms with Crippen LogP contribution >= 0.6 is 0 Å². The van der Waals surface area contributed by atoms with Crippen LogP contribution < -0.4 is 0 Å². The Kier molecular flexibility index (Phi) is 12.2. The molecular weight excluding hydrogens is 775 g/mol. The lowest BCUT2D eigenvalue weighted by atomic mass is 9.87. The van der Waals surface area contributed by atoms with Crippen molar-refractivity contribution in [2.45, 2.75) is 26.2 Å². The van der Waals surface area contributed by atoms with E-state index in [9.17, 15) is 0 Å². The molecule has 0 amide bonds. The highest BCUT2D eigenvalue weighted by atomic mass is 14.7. The lowest BCUT2D eigenvalue weighted by Gasteiger charge is -2.19. The molecule has 3 heterocycles. The molecule has 9 rings (SSSR count). The zero-order valence-electron chi connectivity index (χ0n) is 36.4. The van der Waals surface area contributed by atoms with Gasteiger partial charge in [0.15, 0.2) is 0 Å². The Bertz CT molecular complexity index is 2890. The van der Waals surface area contributed by atoms with Gasteiger partial charge in [0, 0.05) is 35.3 Å². The topological polar surface area (TPSA) is 38.7 Å². The molecule has 0 unspecified atom stereocenters. The normalized spacial score (nSPS) is 11.8. The molecule has 0 spiro atoms. The van der Waals surface area contributed by atoms with Gasteiger partial charge in [0.2, 0.25) is 0 Å². The molecule has 0 bridgehead atoms. The predicted octanol–water partition coefficient (Wildman–Crippen LogP) is 16.0. The fourth-order valence-electron chi connectivity index (χ4n) is 7.67. The number of nitrogens with zero attached hydrogens (tertiary/aromatic N) is 3. The summed E-state index contributed by atoms with van der Waals surface area (Å²) in [6.07, 6.45) is 18.7. The average Bonchev–Trinajstić information content (AvgIpc) is 3.35. The van der Waals surface area contributed by atoms with Crippen molar-refractivity contribution < 1.29 is 0 Å². The van der Waals surface area contributed by atoms with Gasteiger partial charge in [0.05, 0.1) is 17.1 Å². The van der Waals surface area contributed by atoms with Gasteiger partial charge in [-0.2, -0.15) is 0 Å². The first-order valence-electron chi connectivity index (χ1n) is 21.8. The van der Waals surface area contributed by atoms with Crippen molar-refractivity contribution in [3.63, 3.8) is 0 Å². The third-order valence-corrected chi connectivity index (χ3v) is 11.4. The lowest BCUT2D eigenvalue weighted by molar-refractivity contribution is 0.589. The number of rotatable bonds is 11. The molecule has 3 heteroatoms. The van der Waals surface area contributed by atoms with Gasteiger partial charge in [-0.3, -0.25) is 15.0 Å². The minimum atomic E-state index is 0.0638. The van der Waals surface area contributed by atoms with Gasteiger partial charge < -0.3 is 0 Å². The van der Waals surface area contributed by atoms with Gasteiger partial charge in [-0.05, 0) is 109 Å². The van der Waals surface area contributed by atoms with Crippen molar-refractivity contribution in [2.75, 3.05) is 0 Å². The number of hydrogen-bond donors (Lipinski definition) is 0. The van der Waals surface area contributed by atoms with Crippen LogP contribution in [0.3, 0.4) is 0 Å². The summed E-state index contributed by atoms with van der Waals surface area (Å²) in [6.45, 7) is 6.69. The molecule has 0 saturated carbocycles. The molecule has 0 aliphatic rings. The van der Waals surface area contributed by atoms with E-state index < -0.39 is 0 Å². The van der Waals surface area contributed by atoms with Crippen LogP contribution in [0, 0.1) is 0 Å². The highest BCUT2D eigenvalue weighted by Gasteiger charge is 2.14. The molecule has 0 saturated heterocycles. The SMILES string of the molecule is CC(C)(C)c1ccnc(-c2ccc(/C=C/c3cc(/C=C/c4ccc(-c5ccc(-c6ccccc6)cc5)nc4)cc(/C=C/c4ccc(-c5ccc(-c6ccccc6)cc5)nc4)c3)cc2)c1. The molecule has 0 radical (unpaired) electrons. The molecule has 308 valence electrons. The Morgan fingerprint density at radius 2 is 0.656 bits per heavy atom. The summed E-state index contributed by atoms with van der Waals surface area (Å²) in [4.78, 5) is 14.3. The summed E-state index contributed by atoms with van der Waals surface area (Å²) >= 11 is 0. The highest BCUT2D eigenvalue weighted by molar-refractivity contribution is 5.80. The van der Waals surface area contributed by atoms with Gasteiger partial charge >= 0.3 is 0 Å². The summed E-state index contributed by atoms with van der Waals surface area (Å²) in [6, 6.07) is 66.1. The number of hydrogen-bond acceptors (Lipinski definition) is 3. The van der Waals surface area contributed by atoms with E-state index in [2.05, 4.69) is 238 Å². The van der Waals surface area contributed by atoms with E-state index in [0.717, 1.165) is 67.2 Å². The molecule has 64 heavy (non-hydrogen) atoms. The van der Waals surface area contributed by atoms with E-state index in [1.165, 1.54) is 27.8 Å². The second-order valence-electron chi connectivity index (χ2n) is 17.1. The van der Waals surface area contributed by atoms with E-state index in [1.54, 1.807) is 0 Å². The van der Waals surface area contributed by atoms with Crippen LogP contribution in [0.15, 0.2) is 207 Å². The van der Waals surface area contributed by atoms with Gasteiger partial charge in [0.1, 0.15) is 0 Å². The zero-order chi connectivity index (χ0) is 43.7. The summed E-state index contributed by atoms with van der Waals surface area (Å²) < 4.78 is 0. The van der Waals surface area contributed by atoms with Crippen LogP contribution in [0.4, 0.5) is 0 Å². The lowest BCUT2D eigenvalue weighted by Crippen LogP contribution is -2.11. The molecule has 0 N–H and O–H groups in total. The van der Waals surface area contributed by atoms with Crippen LogP contribution in [-0.2, 0) is 5.41 Å². The van der Waals surface area contributed by atoms with Gasteiger partial charge in [-0.15, -0.1) is 0 Å². The van der Waals surface area contributed by atoms with Crippen LogP contribution in [0.5, 0.6) is 0 Å². The van der Waals surface area contributed by atoms with E-state index in [-0.39, 0.29) is 5.41 Å². The smallest absolute Gasteiger partial charge is 0.0704 e. The maximum Gasteiger partial charge on any atom is 0.0704 e. The van der Waals surface area contributed by atoms with Crippen molar-refractivity contribution in [3.05, 3.63) is 246 Å². The molecule has 3 aromatic heterocycles. The second kappa shape index (κ2) is 18.9. The molecular formula is C61H49N3. The number of pyridine rings is 3. The molecule has 9 aromatic rings. The Morgan fingerprint density at radius 1 is 0.297 bits per heavy atom. The van der Waals surface area contributed by atoms with Crippen molar-refractivity contribution in [1.82, 2.24) is 15.0 Å². The van der Waals surface area contributed by atoms with Crippen molar-refractivity contribution in [2.24, 2.45) is 0 Å². The van der Waals surface area contributed by atoms with Crippen molar-refractivity contribution in [3.8, 4) is 56.0 Å². The van der Waals surface area contributed by atoms with Crippen LogP contribution in [0.25, 0.3) is 92.5 Å². The number of aromatic nitrogens is 3. The van der Waals surface area contributed by atoms with E-state index in [0.29, 0.717) is 0 Å². The van der Waals surface area contributed by atoms with E-state index >= 15 is 0 Å². The molecule has 0 aliphatic heterocycles. The standard InChI is InChI=1S/C61H49N3/c1-61(2,3)57-36-37-62-60(41-57)56-24-20-44(21-25-56)14-17-47-38-48(18-15-45-22-34-58(63-42-45)54-30-26-52(27-31-54)50-10-6-4-7-11-50)40-49(39-47)19-16-46-23-35-59(64-43-46)55-32-28-53(29-33-55)51-12-8-5-9-13-51/h4-43H,1-3H3/b17-14+,18-15+,19-16+.